The maximum atomic E-state index is 5.68. The van der Waals surface area contributed by atoms with E-state index in [0.29, 0.717) is 17.6 Å². The van der Waals surface area contributed by atoms with E-state index in [9.17, 15) is 0 Å². The molecule has 2 aromatic rings. The molecule has 1 heterocycles. The van der Waals surface area contributed by atoms with E-state index < -0.39 is 0 Å². The van der Waals surface area contributed by atoms with Gasteiger partial charge in [-0.3, -0.25) is 0 Å². The summed E-state index contributed by atoms with van der Waals surface area (Å²) in [6.07, 6.45) is 0. The summed E-state index contributed by atoms with van der Waals surface area (Å²) in [5.41, 5.74) is 0. The molecule has 0 bridgehead atoms. The number of halogens is 1. The van der Waals surface area contributed by atoms with Gasteiger partial charge in [-0.1, -0.05) is 0 Å². The van der Waals surface area contributed by atoms with Crippen LogP contribution in [0.5, 0.6) is 11.8 Å². The van der Waals surface area contributed by atoms with Crippen molar-refractivity contribution in [2.24, 2.45) is 0 Å². The lowest BCUT2D eigenvalue weighted by Crippen LogP contribution is -2.15. The number of rotatable bonds is 5. The minimum atomic E-state index is 0.279. The van der Waals surface area contributed by atoms with Gasteiger partial charge in [0.05, 0.1) is 0 Å². The minimum absolute atomic E-state index is 0.279. The molecule has 106 valence electrons. The summed E-state index contributed by atoms with van der Waals surface area (Å²) in [5, 5.41) is 3.07. The summed E-state index contributed by atoms with van der Waals surface area (Å²) < 4.78 is 6.83. The first-order valence-electron chi connectivity index (χ1n) is 6.19. The van der Waals surface area contributed by atoms with E-state index in [-0.39, 0.29) is 6.01 Å². The molecule has 0 saturated carbocycles. The fraction of sp³-hybridized carbons (Fsp3) is 0.308. The van der Waals surface area contributed by atoms with Gasteiger partial charge in [0, 0.05) is 24.2 Å². The number of anilines is 2. The van der Waals surface area contributed by atoms with Gasteiger partial charge in [0.1, 0.15) is 5.75 Å². The fourth-order valence-electron chi connectivity index (χ4n) is 1.44. The normalized spacial score (nSPS) is 10.2. The summed E-state index contributed by atoms with van der Waals surface area (Å²) in [5.74, 6) is 1.76. The Morgan fingerprint density at radius 1 is 1.15 bits per heavy atom. The minimum Gasteiger partial charge on any atom is -0.424 e. The third-order valence-corrected chi connectivity index (χ3v) is 3.08. The maximum absolute atomic E-state index is 5.68. The van der Waals surface area contributed by atoms with Gasteiger partial charge in [-0.25, -0.2) is 0 Å². The Hall–Kier alpha value is -1.64. The predicted molar refractivity (Wildman–Crippen MR) is 87.6 cm³/mol. The smallest absolute Gasteiger partial charge is 0.328 e. The highest BCUT2D eigenvalue weighted by Gasteiger charge is 2.09. The third-order valence-electron chi connectivity index (χ3n) is 2.36. The van der Waals surface area contributed by atoms with Crippen molar-refractivity contribution in [3.05, 3.63) is 27.8 Å². The summed E-state index contributed by atoms with van der Waals surface area (Å²) >= 11 is 2.24. The molecule has 0 fully saturated rings. The topological polar surface area (TPSA) is 63.2 Å². The highest BCUT2D eigenvalue weighted by Crippen LogP contribution is 2.21. The van der Waals surface area contributed by atoms with Crippen molar-refractivity contribution in [1.29, 1.82) is 0 Å². The molecule has 0 aliphatic rings. The number of benzene rings is 1. The first kappa shape index (κ1) is 14.8. The van der Waals surface area contributed by atoms with Gasteiger partial charge in [0.25, 0.3) is 0 Å². The average molecular weight is 385 g/mol. The van der Waals surface area contributed by atoms with Crippen LogP contribution in [0.1, 0.15) is 6.92 Å². The van der Waals surface area contributed by atoms with E-state index in [0.717, 1.165) is 10.1 Å². The fourth-order valence-corrected chi connectivity index (χ4v) is 1.80. The first-order chi connectivity index (χ1) is 9.58. The summed E-state index contributed by atoms with van der Waals surface area (Å²) in [6, 6.07) is 7.98. The van der Waals surface area contributed by atoms with E-state index in [1.54, 1.807) is 0 Å². The zero-order chi connectivity index (χ0) is 14.5. The van der Waals surface area contributed by atoms with E-state index >= 15 is 0 Å². The van der Waals surface area contributed by atoms with Crippen molar-refractivity contribution in [2.45, 2.75) is 6.92 Å². The standard InChI is InChI=1S/C13H16IN5O/c1-4-15-11-16-12(19(2)3)18-13(17-11)20-10-7-5-9(14)6-8-10/h5-8H,4H2,1-3H3,(H,15,16,17,18). The summed E-state index contributed by atoms with van der Waals surface area (Å²) in [7, 11) is 3.75. The lowest BCUT2D eigenvalue weighted by molar-refractivity contribution is 0.440. The second kappa shape index (κ2) is 6.69. The Kier molecular flexibility index (Phi) is 4.94. The number of ether oxygens (including phenoxy) is 1. The maximum Gasteiger partial charge on any atom is 0.328 e. The van der Waals surface area contributed by atoms with E-state index in [1.807, 2.05) is 50.2 Å². The van der Waals surface area contributed by atoms with Crippen LogP contribution in [0.15, 0.2) is 24.3 Å². The van der Waals surface area contributed by atoms with Crippen LogP contribution in [-0.2, 0) is 0 Å². The lowest BCUT2D eigenvalue weighted by Gasteiger charge is -2.13. The first-order valence-corrected chi connectivity index (χ1v) is 7.27. The molecule has 1 aromatic carbocycles. The average Bonchev–Trinajstić information content (AvgIpc) is 2.41. The zero-order valence-electron chi connectivity index (χ0n) is 11.6. The largest absolute Gasteiger partial charge is 0.424 e. The van der Waals surface area contributed by atoms with Crippen molar-refractivity contribution in [3.8, 4) is 11.8 Å². The molecular formula is C13H16IN5O. The zero-order valence-corrected chi connectivity index (χ0v) is 13.7. The Labute approximate surface area is 131 Å². The molecule has 0 unspecified atom stereocenters. The van der Waals surface area contributed by atoms with Crippen LogP contribution in [0.25, 0.3) is 0 Å². The van der Waals surface area contributed by atoms with Gasteiger partial charge in [-0.15, -0.1) is 0 Å². The van der Waals surface area contributed by atoms with Crippen molar-refractivity contribution in [1.82, 2.24) is 15.0 Å². The van der Waals surface area contributed by atoms with Crippen LogP contribution < -0.4 is 15.0 Å². The van der Waals surface area contributed by atoms with Gasteiger partial charge in [0.2, 0.25) is 11.9 Å². The van der Waals surface area contributed by atoms with Crippen molar-refractivity contribution in [3.63, 3.8) is 0 Å². The molecule has 20 heavy (non-hydrogen) atoms. The Morgan fingerprint density at radius 3 is 2.45 bits per heavy atom. The van der Waals surface area contributed by atoms with Gasteiger partial charge in [0.15, 0.2) is 0 Å². The Balaban J connectivity index is 2.27. The molecule has 0 spiro atoms. The van der Waals surface area contributed by atoms with Gasteiger partial charge >= 0.3 is 6.01 Å². The highest BCUT2D eigenvalue weighted by atomic mass is 127. The molecule has 1 N–H and O–H groups in total. The molecule has 0 amide bonds. The Morgan fingerprint density at radius 2 is 1.85 bits per heavy atom. The van der Waals surface area contributed by atoms with Gasteiger partial charge in [-0.2, -0.15) is 15.0 Å². The van der Waals surface area contributed by atoms with Crippen LogP contribution in [0.2, 0.25) is 0 Å². The molecule has 6 nitrogen and oxygen atoms in total. The number of hydrogen-bond acceptors (Lipinski definition) is 6. The Bertz CT molecular complexity index is 573. The second-order valence-electron chi connectivity index (χ2n) is 4.22. The second-order valence-corrected chi connectivity index (χ2v) is 5.47. The van der Waals surface area contributed by atoms with Crippen LogP contribution in [-0.4, -0.2) is 35.6 Å². The van der Waals surface area contributed by atoms with Crippen LogP contribution in [0, 0.1) is 3.57 Å². The number of hydrogen-bond donors (Lipinski definition) is 1. The quantitative estimate of drug-likeness (QED) is 0.799. The molecule has 1 aromatic heterocycles. The number of nitrogens with zero attached hydrogens (tertiary/aromatic N) is 4. The van der Waals surface area contributed by atoms with E-state index in [1.165, 1.54) is 0 Å². The molecular weight excluding hydrogens is 369 g/mol. The van der Waals surface area contributed by atoms with Gasteiger partial charge in [-0.05, 0) is 53.8 Å². The molecule has 0 radical (unpaired) electrons. The highest BCUT2D eigenvalue weighted by molar-refractivity contribution is 14.1. The van der Waals surface area contributed by atoms with Crippen molar-refractivity contribution in [2.75, 3.05) is 30.9 Å². The van der Waals surface area contributed by atoms with Crippen molar-refractivity contribution < 1.29 is 4.74 Å². The third kappa shape index (κ3) is 3.92. The summed E-state index contributed by atoms with van der Waals surface area (Å²) in [4.78, 5) is 14.6. The van der Waals surface area contributed by atoms with Crippen LogP contribution in [0.4, 0.5) is 11.9 Å². The number of aromatic nitrogens is 3. The molecule has 0 aliphatic heterocycles. The predicted octanol–water partition coefficient (Wildman–Crippen LogP) is 2.77. The molecule has 7 heteroatoms. The molecule has 2 rings (SSSR count). The molecule has 0 aliphatic carbocycles. The molecule has 0 atom stereocenters. The van der Waals surface area contributed by atoms with Gasteiger partial charge < -0.3 is 15.0 Å². The van der Waals surface area contributed by atoms with Crippen LogP contribution >= 0.6 is 22.6 Å². The number of nitrogens with one attached hydrogen (secondary N) is 1. The summed E-state index contributed by atoms with van der Waals surface area (Å²) in [6.45, 7) is 2.72. The lowest BCUT2D eigenvalue weighted by atomic mass is 10.3. The van der Waals surface area contributed by atoms with Crippen LogP contribution in [0.3, 0.4) is 0 Å². The van der Waals surface area contributed by atoms with E-state index in [2.05, 4.69) is 42.9 Å². The van der Waals surface area contributed by atoms with Crippen molar-refractivity contribution >= 4 is 34.5 Å². The SMILES string of the molecule is CCNc1nc(Oc2ccc(I)cc2)nc(N(C)C)n1. The van der Waals surface area contributed by atoms with E-state index in [4.69, 9.17) is 4.74 Å². The molecule has 0 saturated heterocycles. The monoisotopic (exact) mass is 385 g/mol.